The molecule has 0 aliphatic rings. The predicted octanol–water partition coefficient (Wildman–Crippen LogP) is 4.29. The number of pyridine rings is 1. The van der Waals surface area contributed by atoms with Gasteiger partial charge in [0.05, 0.1) is 14.5 Å². The molecule has 1 rings (SSSR count). The first-order chi connectivity index (χ1) is 9.21. The summed E-state index contributed by atoms with van der Waals surface area (Å²) in [6.45, 7) is 16.7. The van der Waals surface area contributed by atoms with Crippen LogP contribution in [-0.2, 0) is 9.73 Å². The first kappa shape index (κ1) is 18.2. The summed E-state index contributed by atoms with van der Waals surface area (Å²) in [6, 6.07) is 5.28. The molecule has 1 unspecified atom stereocenters. The van der Waals surface area contributed by atoms with Gasteiger partial charge in [0, 0.05) is 0 Å². The second-order valence-electron chi connectivity index (χ2n) is 7.94. The molecule has 6 heteroatoms. The molecule has 21 heavy (non-hydrogen) atoms. The molecule has 1 aromatic heterocycles. The van der Waals surface area contributed by atoms with Gasteiger partial charge in [-0.1, -0.05) is 26.8 Å². The highest BCUT2D eigenvalue weighted by molar-refractivity contribution is 7.95. The summed E-state index contributed by atoms with van der Waals surface area (Å²) in [4.78, 5) is 4.31. The quantitative estimate of drug-likeness (QED) is 0.824. The minimum atomic E-state index is -2.65. The van der Waals surface area contributed by atoms with E-state index >= 15 is 0 Å². The highest BCUT2D eigenvalue weighted by Crippen LogP contribution is 2.40. The monoisotopic (exact) mass is 327 g/mol. The number of hydrogen-bond donors (Lipinski definition) is 1. The topological polar surface area (TPSA) is 68.3 Å². The second kappa shape index (κ2) is 5.39. The molecule has 1 atom stereocenters. The molecular weight excluding hydrogens is 298 g/mol. The van der Waals surface area contributed by atoms with E-state index in [4.69, 9.17) is 9.76 Å². The molecule has 1 heterocycles. The van der Waals surface area contributed by atoms with Crippen molar-refractivity contribution in [1.29, 1.82) is 0 Å². The standard InChI is InChI=1S/C15H29N3OSSi/c1-14(2,3)20(19,13-11-9-10-12(16)17-13)18-21(7,8)15(4,5)6/h9-11H,1-8H3,(H2,16,17). The second-order valence-corrected chi connectivity index (χ2v) is 16.0. The minimum Gasteiger partial charge on any atom is -0.384 e. The normalized spacial score (nSPS) is 16.4. The van der Waals surface area contributed by atoms with Crippen molar-refractivity contribution in [3.63, 3.8) is 0 Å². The lowest BCUT2D eigenvalue weighted by Crippen LogP contribution is -2.40. The molecule has 0 amide bonds. The number of rotatable bonds is 2. The minimum absolute atomic E-state index is 0.0290. The van der Waals surface area contributed by atoms with Crippen LogP contribution < -0.4 is 5.73 Å². The van der Waals surface area contributed by atoms with E-state index in [9.17, 15) is 4.21 Å². The lowest BCUT2D eigenvalue weighted by molar-refractivity contribution is 0.635. The molecule has 1 aromatic rings. The largest absolute Gasteiger partial charge is 0.384 e. The molecule has 4 nitrogen and oxygen atoms in total. The highest BCUT2D eigenvalue weighted by atomic mass is 32.2. The maximum atomic E-state index is 13.8. The number of hydrogen-bond acceptors (Lipinski definition) is 4. The molecule has 0 fully saturated rings. The van der Waals surface area contributed by atoms with Gasteiger partial charge in [-0.05, 0) is 51.0 Å². The predicted molar refractivity (Wildman–Crippen MR) is 94.4 cm³/mol. The van der Waals surface area contributed by atoms with Gasteiger partial charge in [0.25, 0.3) is 0 Å². The summed E-state index contributed by atoms with van der Waals surface area (Å²) in [7, 11) is -4.73. The number of nitrogens with zero attached hydrogens (tertiary/aromatic N) is 2. The number of aromatic nitrogens is 1. The van der Waals surface area contributed by atoms with E-state index in [0.29, 0.717) is 10.8 Å². The van der Waals surface area contributed by atoms with Crippen LogP contribution in [0, 0.1) is 0 Å². The Morgan fingerprint density at radius 3 is 2.05 bits per heavy atom. The first-order valence-electron chi connectivity index (χ1n) is 7.21. The average Bonchev–Trinajstić information content (AvgIpc) is 2.25. The van der Waals surface area contributed by atoms with E-state index in [0.717, 1.165) is 0 Å². The van der Waals surface area contributed by atoms with Crippen molar-refractivity contribution in [3.8, 4) is 0 Å². The summed E-state index contributed by atoms with van der Waals surface area (Å²) >= 11 is 0. The van der Waals surface area contributed by atoms with E-state index in [1.54, 1.807) is 18.2 Å². The smallest absolute Gasteiger partial charge is 0.193 e. The number of nitrogens with two attached hydrogens (primary N) is 1. The summed E-state index contributed by atoms with van der Waals surface area (Å²) in [5, 5.41) is 0.529. The van der Waals surface area contributed by atoms with E-state index in [2.05, 4.69) is 38.8 Å². The van der Waals surface area contributed by atoms with Crippen molar-refractivity contribution < 1.29 is 4.21 Å². The van der Waals surface area contributed by atoms with Crippen LogP contribution in [0.15, 0.2) is 27.3 Å². The first-order valence-corrected chi connectivity index (χ1v) is 11.7. The van der Waals surface area contributed by atoms with E-state index in [-0.39, 0.29) is 5.04 Å². The van der Waals surface area contributed by atoms with Crippen LogP contribution in [0.5, 0.6) is 0 Å². The summed E-state index contributed by atoms with van der Waals surface area (Å²) < 4.78 is 18.2. The number of nitrogen functional groups attached to an aromatic ring is 1. The third-order valence-electron chi connectivity index (χ3n) is 4.05. The Bertz CT molecular complexity index is 633. The van der Waals surface area contributed by atoms with Crippen LogP contribution in [0.3, 0.4) is 0 Å². The van der Waals surface area contributed by atoms with Gasteiger partial charge in [0.2, 0.25) is 0 Å². The van der Waals surface area contributed by atoms with Crippen molar-refractivity contribution in [2.75, 3.05) is 5.73 Å². The van der Waals surface area contributed by atoms with Crippen molar-refractivity contribution in [3.05, 3.63) is 18.2 Å². The molecule has 0 aliphatic heterocycles. The van der Waals surface area contributed by atoms with Crippen LogP contribution in [0.2, 0.25) is 18.1 Å². The van der Waals surface area contributed by atoms with Crippen molar-refractivity contribution in [2.45, 2.75) is 69.4 Å². The Hall–Kier alpha value is -0.883. The van der Waals surface area contributed by atoms with Crippen molar-refractivity contribution in [1.82, 2.24) is 4.98 Å². The zero-order valence-electron chi connectivity index (χ0n) is 14.5. The van der Waals surface area contributed by atoms with Gasteiger partial charge < -0.3 is 5.73 Å². The zero-order chi connectivity index (χ0) is 16.7. The molecular formula is C15H29N3OSSi. The van der Waals surface area contributed by atoms with Crippen LogP contribution >= 0.6 is 0 Å². The summed E-state index contributed by atoms with van der Waals surface area (Å²) in [5.41, 5.74) is 5.78. The highest BCUT2D eigenvalue weighted by Gasteiger charge is 2.40. The van der Waals surface area contributed by atoms with Gasteiger partial charge in [0.1, 0.15) is 10.8 Å². The van der Waals surface area contributed by atoms with Crippen LogP contribution in [0.4, 0.5) is 5.82 Å². The lowest BCUT2D eigenvalue weighted by Gasteiger charge is -2.36. The van der Waals surface area contributed by atoms with Gasteiger partial charge >= 0.3 is 0 Å². The maximum Gasteiger partial charge on any atom is 0.193 e. The SMILES string of the molecule is CC(C)(C)[Si](C)(C)N=S(=O)(c1cccc(N)n1)C(C)(C)C. The van der Waals surface area contributed by atoms with E-state index in [1.165, 1.54) is 0 Å². The van der Waals surface area contributed by atoms with Crippen molar-refractivity contribution in [2.24, 2.45) is 4.03 Å². The molecule has 0 aromatic carbocycles. The Balaban J connectivity index is 3.70. The molecule has 120 valence electrons. The average molecular weight is 328 g/mol. The maximum absolute atomic E-state index is 13.8. The van der Waals surface area contributed by atoms with Gasteiger partial charge in [-0.15, -0.1) is 0 Å². The van der Waals surface area contributed by atoms with E-state index < -0.39 is 22.7 Å². The van der Waals surface area contributed by atoms with Gasteiger partial charge in [-0.25, -0.2) is 9.19 Å². The number of anilines is 1. The Morgan fingerprint density at radius 2 is 1.67 bits per heavy atom. The molecule has 0 bridgehead atoms. The Morgan fingerprint density at radius 1 is 1.14 bits per heavy atom. The fourth-order valence-corrected chi connectivity index (χ4v) is 7.80. The van der Waals surface area contributed by atoms with Crippen LogP contribution in [0.25, 0.3) is 0 Å². The third kappa shape index (κ3) is 3.66. The molecule has 0 saturated heterocycles. The van der Waals surface area contributed by atoms with Crippen LogP contribution in [-0.4, -0.2) is 22.2 Å². The fourth-order valence-electron chi connectivity index (χ4n) is 1.54. The van der Waals surface area contributed by atoms with Gasteiger partial charge in [-0.3, -0.25) is 4.03 Å². The molecule has 2 N–H and O–H groups in total. The van der Waals surface area contributed by atoms with Crippen molar-refractivity contribution >= 4 is 23.8 Å². The van der Waals surface area contributed by atoms with Crippen LogP contribution in [0.1, 0.15) is 41.5 Å². The Labute approximate surface area is 130 Å². The Kier molecular flexibility index (Phi) is 4.66. The zero-order valence-corrected chi connectivity index (χ0v) is 16.3. The molecule has 0 radical (unpaired) electrons. The van der Waals surface area contributed by atoms with Gasteiger partial charge in [0.15, 0.2) is 8.24 Å². The third-order valence-corrected chi connectivity index (χ3v) is 13.0. The van der Waals surface area contributed by atoms with Gasteiger partial charge in [-0.2, -0.15) is 0 Å². The molecule has 0 aliphatic carbocycles. The fraction of sp³-hybridized carbons (Fsp3) is 0.667. The lowest BCUT2D eigenvalue weighted by atomic mass is 10.2. The molecule has 0 spiro atoms. The van der Waals surface area contributed by atoms with E-state index in [1.807, 2.05) is 20.8 Å². The summed E-state index contributed by atoms with van der Waals surface area (Å²) in [6.07, 6.45) is 0. The summed E-state index contributed by atoms with van der Waals surface area (Å²) in [5.74, 6) is 0.384. The molecule has 0 saturated carbocycles.